The van der Waals surface area contributed by atoms with E-state index in [1.165, 1.54) is 6.92 Å². The highest BCUT2D eigenvalue weighted by atomic mass is 19.4. The molecule has 0 radical (unpaired) electrons. The molecule has 0 aliphatic heterocycles. The lowest BCUT2D eigenvalue weighted by Gasteiger charge is -2.20. The highest BCUT2D eigenvalue weighted by Gasteiger charge is 2.39. The van der Waals surface area contributed by atoms with Gasteiger partial charge in [-0.1, -0.05) is 13.3 Å². The molecular weight excluding hydrogens is 302 g/mol. The maximum Gasteiger partial charge on any atom is 0.416 e. The molecule has 0 aromatic heterocycles. The maximum absolute atomic E-state index is 12.9. The SMILES string of the molecule is CCCC(C(=O)O)c1cc(C(F)(F)F)ccc1C(F)(F)F. The van der Waals surface area contributed by atoms with E-state index in [9.17, 15) is 31.1 Å². The first-order valence-electron chi connectivity index (χ1n) is 5.99. The van der Waals surface area contributed by atoms with Gasteiger partial charge in [-0.05, 0) is 30.2 Å². The van der Waals surface area contributed by atoms with Crippen molar-refractivity contribution in [2.75, 3.05) is 0 Å². The summed E-state index contributed by atoms with van der Waals surface area (Å²) in [6.07, 6.45) is -9.71. The van der Waals surface area contributed by atoms with Crippen molar-refractivity contribution in [1.82, 2.24) is 0 Å². The first-order valence-corrected chi connectivity index (χ1v) is 5.99. The third-order valence-electron chi connectivity index (χ3n) is 2.94. The van der Waals surface area contributed by atoms with Crippen LogP contribution in [0.5, 0.6) is 0 Å². The monoisotopic (exact) mass is 314 g/mol. The van der Waals surface area contributed by atoms with E-state index in [1.54, 1.807) is 0 Å². The van der Waals surface area contributed by atoms with Gasteiger partial charge in [0, 0.05) is 0 Å². The largest absolute Gasteiger partial charge is 0.481 e. The average molecular weight is 314 g/mol. The Balaban J connectivity index is 3.52. The third-order valence-corrected chi connectivity index (χ3v) is 2.94. The molecule has 0 bridgehead atoms. The Morgan fingerprint density at radius 3 is 2.10 bits per heavy atom. The molecule has 1 N–H and O–H groups in total. The number of carboxylic acids is 1. The molecule has 21 heavy (non-hydrogen) atoms. The summed E-state index contributed by atoms with van der Waals surface area (Å²) in [6, 6.07) is 0.859. The molecule has 8 heteroatoms. The molecule has 118 valence electrons. The summed E-state index contributed by atoms with van der Waals surface area (Å²) in [6.45, 7) is 1.54. The molecule has 0 aliphatic rings. The van der Waals surface area contributed by atoms with Gasteiger partial charge in [0.25, 0.3) is 0 Å². The summed E-state index contributed by atoms with van der Waals surface area (Å²) in [5.74, 6) is -3.21. The second-order valence-corrected chi connectivity index (χ2v) is 4.48. The molecule has 0 aliphatic carbocycles. The van der Waals surface area contributed by atoms with Crippen LogP contribution in [0.25, 0.3) is 0 Å². The van der Waals surface area contributed by atoms with Crippen LogP contribution in [0.4, 0.5) is 26.3 Å². The number of benzene rings is 1. The van der Waals surface area contributed by atoms with Gasteiger partial charge in [-0.3, -0.25) is 4.79 Å². The predicted octanol–water partition coefficient (Wildman–Crippen LogP) is 4.69. The zero-order valence-corrected chi connectivity index (χ0v) is 10.8. The molecule has 0 fully saturated rings. The highest BCUT2D eigenvalue weighted by Crippen LogP contribution is 2.40. The second-order valence-electron chi connectivity index (χ2n) is 4.48. The van der Waals surface area contributed by atoms with Gasteiger partial charge in [0.1, 0.15) is 0 Å². The zero-order chi connectivity index (χ0) is 16.4. The predicted molar refractivity (Wildman–Crippen MR) is 61.7 cm³/mol. The van der Waals surface area contributed by atoms with Crippen LogP contribution in [0.3, 0.4) is 0 Å². The molecule has 0 saturated heterocycles. The summed E-state index contributed by atoms with van der Waals surface area (Å²) in [5.41, 5.74) is -3.50. The molecule has 0 saturated carbocycles. The van der Waals surface area contributed by atoms with E-state index in [1.807, 2.05) is 0 Å². The van der Waals surface area contributed by atoms with Crippen LogP contribution in [-0.4, -0.2) is 11.1 Å². The van der Waals surface area contributed by atoms with Gasteiger partial charge in [0.15, 0.2) is 0 Å². The van der Waals surface area contributed by atoms with Gasteiger partial charge in [0.2, 0.25) is 0 Å². The van der Waals surface area contributed by atoms with Crippen molar-refractivity contribution in [1.29, 1.82) is 0 Å². The van der Waals surface area contributed by atoms with Crippen molar-refractivity contribution >= 4 is 5.97 Å². The zero-order valence-electron chi connectivity index (χ0n) is 10.8. The lowest BCUT2D eigenvalue weighted by atomic mass is 9.89. The van der Waals surface area contributed by atoms with Crippen molar-refractivity contribution in [3.05, 3.63) is 34.9 Å². The van der Waals surface area contributed by atoms with Gasteiger partial charge >= 0.3 is 18.3 Å². The molecule has 2 nitrogen and oxygen atoms in total. The van der Waals surface area contributed by atoms with Crippen LogP contribution in [0.15, 0.2) is 18.2 Å². The Morgan fingerprint density at radius 2 is 1.71 bits per heavy atom. The van der Waals surface area contributed by atoms with E-state index in [0.717, 1.165) is 0 Å². The van der Waals surface area contributed by atoms with Crippen LogP contribution in [0, 0.1) is 0 Å². The molecule has 1 atom stereocenters. The highest BCUT2D eigenvalue weighted by molar-refractivity contribution is 5.77. The Kier molecular flexibility index (Phi) is 4.91. The van der Waals surface area contributed by atoms with E-state index >= 15 is 0 Å². The minimum atomic E-state index is -4.92. The molecule has 1 rings (SSSR count). The van der Waals surface area contributed by atoms with Gasteiger partial charge in [-0.2, -0.15) is 26.3 Å². The van der Waals surface area contributed by atoms with E-state index in [4.69, 9.17) is 5.11 Å². The number of alkyl halides is 6. The quantitative estimate of drug-likeness (QED) is 0.818. The van der Waals surface area contributed by atoms with Crippen molar-refractivity contribution in [2.45, 2.75) is 38.0 Å². The van der Waals surface area contributed by atoms with Crippen LogP contribution < -0.4 is 0 Å². The minimum Gasteiger partial charge on any atom is -0.481 e. The lowest BCUT2D eigenvalue weighted by molar-refractivity contribution is -0.144. The van der Waals surface area contributed by atoms with Gasteiger partial charge in [-0.15, -0.1) is 0 Å². The first kappa shape index (κ1) is 17.3. The van der Waals surface area contributed by atoms with Crippen molar-refractivity contribution < 1.29 is 36.2 Å². The fourth-order valence-corrected chi connectivity index (χ4v) is 1.99. The van der Waals surface area contributed by atoms with E-state index in [0.29, 0.717) is 6.07 Å². The van der Waals surface area contributed by atoms with Gasteiger partial charge in [-0.25, -0.2) is 0 Å². The van der Waals surface area contributed by atoms with Crippen LogP contribution in [-0.2, 0) is 17.1 Å². The minimum absolute atomic E-state index is 0.181. The molecule has 1 unspecified atom stereocenters. The summed E-state index contributed by atoms with van der Waals surface area (Å²) in [7, 11) is 0. The molecule has 0 spiro atoms. The first-order chi connectivity index (χ1) is 9.48. The summed E-state index contributed by atoms with van der Waals surface area (Å²) in [5, 5.41) is 8.99. The maximum atomic E-state index is 12.9. The lowest BCUT2D eigenvalue weighted by Crippen LogP contribution is -2.19. The van der Waals surface area contributed by atoms with Crippen molar-refractivity contribution in [2.24, 2.45) is 0 Å². The Labute approximate surface area is 116 Å². The second kappa shape index (κ2) is 5.95. The number of halogens is 6. The molecule has 1 aromatic carbocycles. The number of hydrogen-bond acceptors (Lipinski definition) is 1. The normalized spacial score (nSPS) is 14.0. The average Bonchev–Trinajstić information content (AvgIpc) is 2.32. The molecular formula is C13H12F6O2. The summed E-state index contributed by atoms with van der Waals surface area (Å²) in [4.78, 5) is 11.1. The van der Waals surface area contributed by atoms with Gasteiger partial charge in [0.05, 0.1) is 17.0 Å². The smallest absolute Gasteiger partial charge is 0.416 e. The summed E-state index contributed by atoms with van der Waals surface area (Å²) < 4.78 is 76.5. The van der Waals surface area contributed by atoms with E-state index in [-0.39, 0.29) is 25.0 Å². The van der Waals surface area contributed by atoms with Crippen LogP contribution >= 0.6 is 0 Å². The summed E-state index contributed by atoms with van der Waals surface area (Å²) >= 11 is 0. The number of carbonyl (C=O) groups is 1. The fraction of sp³-hybridized carbons (Fsp3) is 0.462. The Morgan fingerprint density at radius 1 is 1.14 bits per heavy atom. The van der Waals surface area contributed by atoms with Crippen LogP contribution in [0.1, 0.15) is 42.4 Å². The number of hydrogen-bond donors (Lipinski definition) is 1. The topological polar surface area (TPSA) is 37.3 Å². The van der Waals surface area contributed by atoms with E-state index < -0.39 is 40.9 Å². The van der Waals surface area contributed by atoms with Crippen LogP contribution in [0.2, 0.25) is 0 Å². The fourth-order valence-electron chi connectivity index (χ4n) is 1.99. The Bertz CT molecular complexity index is 518. The Hall–Kier alpha value is -1.73. The van der Waals surface area contributed by atoms with Gasteiger partial charge < -0.3 is 5.11 Å². The van der Waals surface area contributed by atoms with Crippen molar-refractivity contribution in [3.8, 4) is 0 Å². The standard InChI is InChI=1S/C13H12F6O2/c1-2-3-8(11(20)21)9-6-7(12(14,15)16)4-5-10(9)13(17,18)19/h4-6,8H,2-3H2,1H3,(H,20,21). The van der Waals surface area contributed by atoms with E-state index in [2.05, 4.69) is 0 Å². The van der Waals surface area contributed by atoms with Crippen molar-refractivity contribution in [3.63, 3.8) is 0 Å². The molecule has 0 heterocycles. The third kappa shape index (κ3) is 4.12. The molecule has 0 amide bonds. The number of carboxylic acid groups (broad SMARTS) is 1. The number of rotatable bonds is 4. The number of aliphatic carboxylic acids is 1. The molecule has 1 aromatic rings.